The van der Waals surface area contributed by atoms with Crippen molar-refractivity contribution in [2.75, 3.05) is 14.2 Å². The molecule has 0 spiro atoms. The van der Waals surface area contributed by atoms with E-state index >= 15 is 0 Å². The van der Waals surface area contributed by atoms with Gasteiger partial charge in [-0.2, -0.15) is 5.10 Å². The van der Waals surface area contributed by atoms with Crippen molar-refractivity contribution in [1.82, 2.24) is 9.78 Å². The van der Waals surface area contributed by atoms with Gasteiger partial charge in [-0.3, -0.25) is 4.68 Å². The van der Waals surface area contributed by atoms with Crippen molar-refractivity contribution in [2.45, 2.75) is 32.9 Å². The molecule has 0 radical (unpaired) electrons. The highest BCUT2D eigenvalue weighted by atomic mass is 16.5. The van der Waals surface area contributed by atoms with Crippen LogP contribution in [0, 0.1) is 0 Å². The van der Waals surface area contributed by atoms with E-state index in [4.69, 9.17) is 14.2 Å². The SMILES string of the molecule is CCCCn1nccc1-c1ccc(OC)cc1OCc1ccccc1C(=O)OC. The van der Waals surface area contributed by atoms with Gasteiger partial charge in [0.05, 0.1) is 25.5 Å². The number of carbonyl (C=O) groups is 1. The Kier molecular flexibility index (Phi) is 6.89. The van der Waals surface area contributed by atoms with Crippen molar-refractivity contribution in [2.24, 2.45) is 0 Å². The Balaban J connectivity index is 1.92. The van der Waals surface area contributed by atoms with Crippen LogP contribution in [-0.2, 0) is 17.9 Å². The van der Waals surface area contributed by atoms with Crippen molar-refractivity contribution in [1.29, 1.82) is 0 Å². The number of esters is 1. The summed E-state index contributed by atoms with van der Waals surface area (Å²) in [6.45, 7) is 3.23. The Morgan fingerprint density at radius 3 is 2.69 bits per heavy atom. The third-order valence-corrected chi connectivity index (χ3v) is 4.71. The van der Waals surface area contributed by atoms with Crippen LogP contribution in [0.15, 0.2) is 54.7 Å². The largest absolute Gasteiger partial charge is 0.497 e. The summed E-state index contributed by atoms with van der Waals surface area (Å²) in [6, 6.07) is 15.0. The zero-order valence-corrected chi connectivity index (χ0v) is 17.1. The lowest BCUT2D eigenvalue weighted by molar-refractivity contribution is 0.0597. The van der Waals surface area contributed by atoms with E-state index < -0.39 is 0 Å². The molecule has 0 unspecified atom stereocenters. The molecule has 0 fully saturated rings. The average molecular weight is 394 g/mol. The zero-order valence-electron chi connectivity index (χ0n) is 17.1. The Morgan fingerprint density at radius 2 is 1.93 bits per heavy atom. The van der Waals surface area contributed by atoms with Crippen LogP contribution in [0.3, 0.4) is 0 Å². The van der Waals surface area contributed by atoms with E-state index in [1.165, 1.54) is 7.11 Å². The zero-order chi connectivity index (χ0) is 20.6. The molecule has 1 aromatic heterocycles. The molecular formula is C23H26N2O4. The quantitative estimate of drug-likeness (QED) is 0.491. The monoisotopic (exact) mass is 394 g/mol. The maximum atomic E-state index is 12.0. The van der Waals surface area contributed by atoms with Gasteiger partial charge in [-0.05, 0) is 30.7 Å². The van der Waals surface area contributed by atoms with E-state index in [1.807, 2.05) is 41.1 Å². The molecule has 0 saturated heterocycles. The molecule has 6 heteroatoms. The van der Waals surface area contributed by atoms with Gasteiger partial charge in [0.1, 0.15) is 18.1 Å². The molecule has 0 aliphatic rings. The van der Waals surface area contributed by atoms with Gasteiger partial charge < -0.3 is 14.2 Å². The van der Waals surface area contributed by atoms with E-state index in [0.717, 1.165) is 36.2 Å². The van der Waals surface area contributed by atoms with Crippen molar-refractivity contribution in [3.05, 3.63) is 65.9 Å². The summed E-state index contributed by atoms with van der Waals surface area (Å²) < 4.78 is 18.4. The number of hydrogen-bond acceptors (Lipinski definition) is 5. The topological polar surface area (TPSA) is 62.6 Å². The summed E-state index contributed by atoms with van der Waals surface area (Å²) in [5.41, 5.74) is 3.16. The average Bonchev–Trinajstić information content (AvgIpc) is 3.23. The summed E-state index contributed by atoms with van der Waals surface area (Å²) in [7, 11) is 2.99. The number of methoxy groups -OCH3 is 2. The Labute approximate surface area is 171 Å². The maximum absolute atomic E-state index is 12.0. The Hall–Kier alpha value is -3.28. The van der Waals surface area contributed by atoms with Crippen LogP contribution in [0.25, 0.3) is 11.3 Å². The van der Waals surface area contributed by atoms with Gasteiger partial charge >= 0.3 is 5.97 Å². The Morgan fingerprint density at radius 1 is 1.10 bits per heavy atom. The summed E-state index contributed by atoms with van der Waals surface area (Å²) >= 11 is 0. The van der Waals surface area contributed by atoms with Crippen LogP contribution in [0.4, 0.5) is 0 Å². The van der Waals surface area contributed by atoms with E-state index in [-0.39, 0.29) is 12.6 Å². The molecule has 6 nitrogen and oxygen atoms in total. The molecule has 0 aliphatic heterocycles. The number of nitrogens with zero attached hydrogens (tertiary/aromatic N) is 2. The number of rotatable bonds is 9. The first-order valence-corrected chi connectivity index (χ1v) is 9.67. The van der Waals surface area contributed by atoms with E-state index in [2.05, 4.69) is 12.0 Å². The van der Waals surface area contributed by atoms with Crippen molar-refractivity contribution in [3.63, 3.8) is 0 Å². The van der Waals surface area contributed by atoms with Crippen LogP contribution in [0.2, 0.25) is 0 Å². The van der Waals surface area contributed by atoms with Crippen molar-refractivity contribution < 1.29 is 19.0 Å². The summed E-state index contributed by atoms with van der Waals surface area (Å²) in [5.74, 6) is 0.986. The fraction of sp³-hybridized carbons (Fsp3) is 0.304. The fourth-order valence-electron chi connectivity index (χ4n) is 3.12. The molecule has 152 valence electrons. The van der Waals surface area contributed by atoms with Crippen molar-refractivity contribution in [3.8, 4) is 22.8 Å². The third-order valence-electron chi connectivity index (χ3n) is 4.71. The number of ether oxygens (including phenoxy) is 3. The lowest BCUT2D eigenvalue weighted by Gasteiger charge is -2.15. The molecule has 0 amide bonds. The second kappa shape index (κ2) is 9.78. The molecule has 0 bridgehead atoms. The third kappa shape index (κ3) is 4.77. The van der Waals surface area contributed by atoms with Gasteiger partial charge in [-0.25, -0.2) is 4.79 Å². The number of carbonyl (C=O) groups excluding carboxylic acids is 1. The van der Waals surface area contributed by atoms with E-state index in [9.17, 15) is 4.79 Å². The van der Waals surface area contributed by atoms with Crippen LogP contribution in [0.5, 0.6) is 11.5 Å². The Bertz CT molecular complexity index is 965. The van der Waals surface area contributed by atoms with Crippen molar-refractivity contribution >= 4 is 5.97 Å². The predicted molar refractivity (Wildman–Crippen MR) is 111 cm³/mol. The van der Waals surface area contributed by atoms with Gasteiger partial charge in [-0.15, -0.1) is 0 Å². The second-order valence-electron chi connectivity index (χ2n) is 6.59. The molecule has 3 rings (SSSR count). The number of aromatic nitrogens is 2. The van der Waals surface area contributed by atoms with E-state index in [1.54, 1.807) is 25.4 Å². The van der Waals surface area contributed by atoms with Crippen LogP contribution >= 0.6 is 0 Å². The van der Waals surface area contributed by atoms with Gasteiger partial charge in [0, 0.05) is 29.9 Å². The summed E-state index contributed by atoms with van der Waals surface area (Å²) in [6.07, 6.45) is 3.94. The standard InChI is InChI=1S/C23H26N2O4/c1-4-5-14-25-21(12-13-24-25)20-11-10-18(27-2)15-22(20)29-16-17-8-6-7-9-19(17)23(26)28-3/h6-13,15H,4-5,14,16H2,1-3H3. The van der Waals surface area contributed by atoms with Gasteiger partial charge in [0.2, 0.25) is 0 Å². The molecule has 29 heavy (non-hydrogen) atoms. The van der Waals surface area contributed by atoms with Gasteiger partial charge in [-0.1, -0.05) is 31.5 Å². The molecule has 3 aromatic rings. The lowest BCUT2D eigenvalue weighted by atomic mass is 10.1. The lowest BCUT2D eigenvalue weighted by Crippen LogP contribution is -2.08. The minimum absolute atomic E-state index is 0.231. The molecule has 1 heterocycles. The predicted octanol–water partition coefficient (Wildman–Crippen LogP) is 4.72. The second-order valence-corrected chi connectivity index (χ2v) is 6.59. The first-order chi connectivity index (χ1) is 14.2. The number of hydrogen-bond donors (Lipinski definition) is 0. The number of unbranched alkanes of at least 4 members (excludes halogenated alkanes) is 1. The minimum atomic E-state index is -0.382. The highest BCUT2D eigenvalue weighted by Crippen LogP contribution is 2.34. The highest BCUT2D eigenvalue weighted by molar-refractivity contribution is 5.90. The normalized spacial score (nSPS) is 10.6. The molecular weight excluding hydrogens is 368 g/mol. The maximum Gasteiger partial charge on any atom is 0.338 e. The highest BCUT2D eigenvalue weighted by Gasteiger charge is 2.15. The minimum Gasteiger partial charge on any atom is -0.497 e. The summed E-state index contributed by atoms with van der Waals surface area (Å²) in [5, 5.41) is 4.45. The smallest absolute Gasteiger partial charge is 0.338 e. The first-order valence-electron chi connectivity index (χ1n) is 9.67. The number of aryl methyl sites for hydroxylation is 1. The fourth-order valence-corrected chi connectivity index (χ4v) is 3.12. The number of benzene rings is 2. The molecule has 0 saturated carbocycles. The molecule has 0 atom stereocenters. The van der Waals surface area contributed by atoms with Gasteiger partial charge in [0.25, 0.3) is 0 Å². The summed E-state index contributed by atoms with van der Waals surface area (Å²) in [4.78, 5) is 12.0. The van der Waals surface area contributed by atoms with E-state index in [0.29, 0.717) is 17.1 Å². The van der Waals surface area contributed by atoms with Gasteiger partial charge in [0.15, 0.2) is 0 Å². The molecule has 2 aromatic carbocycles. The molecule has 0 aliphatic carbocycles. The van der Waals surface area contributed by atoms with Crippen LogP contribution in [-0.4, -0.2) is 30.0 Å². The molecule has 0 N–H and O–H groups in total. The van der Waals surface area contributed by atoms with Crippen LogP contribution < -0.4 is 9.47 Å². The van der Waals surface area contributed by atoms with Crippen LogP contribution in [0.1, 0.15) is 35.7 Å². The first kappa shape index (κ1) is 20.5.